The minimum Gasteiger partial charge on any atom is -0.504 e. The fourth-order valence-corrected chi connectivity index (χ4v) is 4.25. The smallest absolute Gasteiger partial charge is 0.419 e. The topological polar surface area (TPSA) is 78.3 Å². The summed E-state index contributed by atoms with van der Waals surface area (Å²) < 4.78 is 71.2. The lowest BCUT2D eigenvalue weighted by Crippen LogP contribution is -2.54. The van der Waals surface area contributed by atoms with E-state index in [9.17, 15) is 32.2 Å². The Balaban J connectivity index is 1.98. The number of phenols is 1. The van der Waals surface area contributed by atoms with Gasteiger partial charge in [-0.2, -0.15) is 13.2 Å². The maximum absolute atomic E-state index is 14.3. The van der Waals surface area contributed by atoms with Gasteiger partial charge in [-0.3, -0.25) is 0 Å². The predicted octanol–water partition coefficient (Wildman–Crippen LogP) is 5.57. The maximum atomic E-state index is 14.3. The molecule has 2 unspecified atom stereocenters. The zero-order valence-corrected chi connectivity index (χ0v) is 17.6. The highest BCUT2D eigenvalue weighted by Crippen LogP contribution is 2.54. The van der Waals surface area contributed by atoms with Gasteiger partial charge in [-0.05, 0) is 36.6 Å². The molecule has 0 saturated carbocycles. The van der Waals surface area contributed by atoms with E-state index in [1.165, 1.54) is 12.3 Å². The van der Waals surface area contributed by atoms with E-state index in [2.05, 4.69) is 15.3 Å². The number of rotatable bonds is 3. The molecule has 4 rings (SSSR count). The van der Waals surface area contributed by atoms with Crippen molar-refractivity contribution in [1.29, 1.82) is 0 Å². The third-order valence-electron chi connectivity index (χ3n) is 5.76. The first kappa shape index (κ1) is 22.9. The fourth-order valence-electron chi connectivity index (χ4n) is 4.25. The van der Waals surface area contributed by atoms with Crippen molar-refractivity contribution in [3.63, 3.8) is 0 Å². The summed E-state index contributed by atoms with van der Waals surface area (Å²) in [6.07, 6.45) is -3.02. The molecule has 0 aliphatic heterocycles. The van der Waals surface area contributed by atoms with Gasteiger partial charge in [-0.25, -0.2) is 18.7 Å². The summed E-state index contributed by atoms with van der Waals surface area (Å²) >= 11 is 0. The molecule has 0 spiro atoms. The highest BCUT2D eigenvalue weighted by Gasteiger charge is 2.62. The first-order valence-electron chi connectivity index (χ1n) is 10.2. The van der Waals surface area contributed by atoms with Crippen molar-refractivity contribution in [3.8, 4) is 5.75 Å². The molecule has 10 heteroatoms. The third-order valence-corrected chi connectivity index (χ3v) is 5.76. The number of aromatic hydroxyl groups is 1. The van der Waals surface area contributed by atoms with Gasteiger partial charge in [0.1, 0.15) is 11.6 Å². The summed E-state index contributed by atoms with van der Waals surface area (Å²) in [5.74, 6) is -2.25. The Morgan fingerprint density at radius 2 is 1.97 bits per heavy atom. The number of nitrogens with zero attached hydrogens (tertiary/aromatic N) is 2. The average Bonchev–Trinajstić information content (AvgIpc) is 2.71. The molecule has 1 aliphatic rings. The summed E-state index contributed by atoms with van der Waals surface area (Å²) in [5.41, 5.74) is -3.61. The molecule has 1 heterocycles. The molecule has 1 aliphatic carbocycles. The third kappa shape index (κ3) is 3.78. The molecule has 0 bridgehead atoms. The van der Waals surface area contributed by atoms with Gasteiger partial charge < -0.3 is 15.5 Å². The van der Waals surface area contributed by atoms with Crippen LogP contribution in [0, 0.1) is 18.6 Å². The van der Waals surface area contributed by atoms with E-state index in [1.54, 1.807) is 13.8 Å². The first-order chi connectivity index (χ1) is 15.5. The number of hydrogen-bond acceptors (Lipinski definition) is 5. The molecule has 0 amide bonds. The zero-order valence-electron chi connectivity index (χ0n) is 17.6. The quantitative estimate of drug-likeness (QED) is 0.441. The lowest BCUT2D eigenvalue weighted by atomic mass is 9.72. The molecule has 3 aromatic rings. The Bertz CT molecular complexity index is 1270. The van der Waals surface area contributed by atoms with Crippen LogP contribution in [0.1, 0.15) is 42.8 Å². The van der Waals surface area contributed by atoms with E-state index in [-0.39, 0.29) is 33.3 Å². The minimum absolute atomic E-state index is 0.0366. The van der Waals surface area contributed by atoms with Crippen molar-refractivity contribution >= 4 is 22.2 Å². The molecule has 1 aromatic heterocycles. The largest absolute Gasteiger partial charge is 0.504 e. The van der Waals surface area contributed by atoms with E-state index in [0.29, 0.717) is 12.2 Å². The van der Waals surface area contributed by atoms with Crippen LogP contribution in [0.15, 0.2) is 36.5 Å². The van der Waals surface area contributed by atoms with Gasteiger partial charge in [0.05, 0.1) is 11.6 Å². The number of nitrogens with one attached hydrogen (secondary N) is 1. The van der Waals surface area contributed by atoms with Crippen LogP contribution in [0.4, 0.5) is 27.6 Å². The number of fused-ring (bicyclic) bond motifs is 2. The molecule has 2 aromatic carbocycles. The van der Waals surface area contributed by atoms with E-state index in [4.69, 9.17) is 0 Å². The highest BCUT2D eigenvalue weighted by molar-refractivity contribution is 5.91. The van der Waals surface area contributed by atoms with Crippen molar-refractivity contribution in [2.45, 2.75) is 44.5 Å². The molecule has 0 saturated heterocycles. The second-order valence-corrected chi connectivity index (χ2v) is 7.98. The lowest BCUT2D eigenvalue weighted by Gasteiger charge is -2.44. The number of benzene rings is 2. The van der Waals surface area contributed by atoms with Crippen molar-refractivity contribution in [1.82, 2.24) is 9.97 Å². The zero-order chi connectivity index (χ0) is 24.1. The Morgan fingerprint density at radius 3 is 2.64 bits per heavy atom. The number of hydrogen-bond donors (Lipinski definition) is 3. The van der Waals surface area contributed by atoms with Crippen LogP contribution in [-0.2, 0) is 0 Å². The van der Waals surface area contributed by atoms with Crippen LogP contribution in [0.25, 0.3) is 16.5 Å². The predicted molar refractivity (Wildman–Crippen MR) is 113 cm³/mol. The lowest BCUT2D eigenvalue weighted by molar-refractivity contribution is -0.265. The molecule has 2 atom stereocenters. The number of halogens is 5. The van der Waals surface area contributed by atoms with Gasteiger partial charge in [-0.1, -0.05) is 19.1 Å². The minimum atomic E-state index is -5.12. The summed E-state index contributed by atoms with van der Waals surface area (Å²) in [5, 5.41) is 24.2. The van der Waals surface area contributed by atoms with E-state index >= 15 is 0 Å². The van der Waals surface area contributed by atoms with Gasteiger partial charge in [0.2, 0.25) is 0 Å². The van der Waals surface area contributed by atoms with E-state index in [0.717, 1.165) is 24.3 Å². The summed E-state index contributed by atoms with van der Waals surface area (Å²) in [6, 6.07) is 2.09. The summed E-state index contributed by atoms with van der Waals surface area (Å²) in [4.78, 5) is 8.13. The van der Waals surface area contributed by atoms with Crippen molar-refractivity contribution in [2.24, 2.45) is 0 Å². The van der Waals surface area contributed by atoms with Crippen molar-refractivity contribution in [2.75, 3.05) is 5.32 Å². The van der Waals surface area contributed by atoms with Crippen LogP contribution in [0.5, 0.6) is 5.75 Å². The number of phenolic OH excluding ortho intramolecular Hbond substituents is 1. The second kappa shape index (κ2) is 7.95. The number of allylic oxidation sites excluding steroid dienone is 1. The van der Waals surface area contributed by atoms with Gasteiger partial charge in [0, 0.05) is 35.3 Å². The van der Waals surface area contributed by atoms with Crippen LogP contribution in [0.3, 0.4) is 0 Å². The first-order valence-corrected chi connectivity index (χ1v) is 10.2. The Labute approximate surface area is 185 Å². The van der Waals surface area contributed by atoms with Crippen LogP contribution in [-0.4, -0.2) is 32.0 Å². The second-order valence-electron chi connectivity index (χ2n) is 7.98. The van der Waals surface area contributed by atoms with Crippen LogP contribution >= 0.6 is 0 Å². The van der Waals surface area contributed by atoms with Crippen LogP contribution in [0.2, 0.25) is 0 Å². The molecular formula is C23H20F5N3O2. The number of aromatic nitrogens is 2. The molecule has 0 fully saturated rings. The number of aryl methyl sites for hydroxylation is 1. The molecule has 174 valence electrons. The number of anilines is 1. The van der Waals surface area contributed by atoms with Gasteiger partial charge in [0.25, 0.3) is 0 Å². The highest BCUT2D eigenvalue weighted by atomic mass is 19.4. The Hall–Kier alpha value is -3.27. The molecule has 33 heavy (non-hydrogen) atoms. The van der Waals surface area contributed by atoms with Crippen molar-refractivity contribution in [3.05, 3.63) is 65.1 Å². The average molecular weight is 465 g/mol. The SMILES string of the molecule is CCC=C1CC(O)(C(F)(F)F)C(Nc2cc(F)cc3nc(C)ncc23)c2ccc(F)c(O)c21. The van der Waals surface area contributed by atoms with Gasteiger partial charge in [0.15, 0.2) is 17.2 Å². The van der Waals surface area contributed by atoms with Gasteiger partial charge >= 0.3 is 6.18 Å². The number of aliphatic hydroxyl groups is 1. The monoisotopic (exact) mass is 465 g/mol. The fraction of sp³-hybridized carbons (Fsp3) is 0.304. The van der Waals surface area contributed by atoms with Gasteiger partial charge in [-0.15, -0.1) is 0 Å². The molecule has 5 nitrogen and oxygen atoms in total. The Morgan fingerprint density at radius 1 is 1.24 bits per heavy atom. The molecule has 0 radical (unpaired) electrons. The maximum Gasteiger partial charge on any atom is 0.419 e. The standard InChI is InChI=1S/C23H20F5N3O2/c1-3-4-12-9-22(33,23(26,27)28)21(14-5-6-16(25)20(32)19(12)14)31-18-8-13(24)7-17-15(18)10-29-11(2)30-17/h4-8,10,21,31-33H,3,9H2,1-2H3. The van der Waals surface area contributed by atoms with E-state index < -0.39 is 41.6 Å². The summed E-state index contributed by atoms with van der Waals surface area (Å²) in [7, 11) is 0. The Kier molecular flexibility index (Phi) is 5.52. The molecule has 3 N–H and O–H groups in total. The normalized spacial score (nSPS) is 21.9. The van der Waals surface area contributed by atoms with Crippen LogP contribution < -0.4 is 5.32 Å². The van der Waals surface area contributed by atoms with E-state index in [1.807, 2.05) is 0 Å². The number of alkyl halides is 3. The molecular weight excluding hydrogens is 445 g/mol. The van der Waals surface area contributed by atoms with Crippen molar-refractivity contribution < 1.29 is 32.2 Å². The summed E-state index contributed by atoms with van der Waals surface area (Å²) in [6.45, 7) is 3.25.